The number of allylic oxidation sites excluding steroid dienone is 2. The summed E-state index contributed by atoms with van der Waals surface area (Å²) >= 11 is 0. The molecule has 1 heterocycles. The zero-order valence-corrected chi connectivity index (χ0v) is 16.7. The van der Waals surface area contributed by atoms with E-state index in [1.807, 2.05) is 32.1 Å². The van der Waals surface area contributed by atoms with Gasteiger partial charge >= 0.3 is 5.97 Å². The zero-order valence-electron chi connectivity index (χ0n) is 16.7. The third-order valence-electron chi connectivity index (χ3n) is 4.79. The molecule has 150 valence electrons. The average Bonchev–Trinajstić information content (AvgIpc) is 3.04. The Morgan fingerprint density at radius 3 is 2.59 bits per heavy atom. The van der Waals surface area contributed by atoms with Crippen LogP contribution < -0.4 is 4.74 Å². The highest BCUT2D eigenvalue weighted by Crippen LogP contribution is 2.25. The van der Waals surface area contributed by atoms with Crippen LogP contribution in [0.1, 0.15) is 41.4 Å². The van der Waals surface area contributed by atoms with E-state index in [9.17, 15) is 9.59 Å². The maximum Gasteiger partial charge on any atom is 0.307 e. The van der Waals surface area contributed by atoms with Gasteiger partial charge in [-0.25, -0.2) is 0 Å². The Bertz CT molecular complexity index is 1040. The van der Waals surface area contributed by atoms with Crippen LogP contribution in [0.15, 0.2) is 60.7 Å². The molecule has 0 saturated heterocycles. The monoisotopic (exact) mass is 391 g/mol. The first-order valence-electron chi connectivity index (χ1n) is 9.71. The molecule has 5 heteroatoms. The van der Waals surface area contributed by atoms with E-state index < -0.39 is 5.97 Å². The number of aryl methyl sites for hydroxylation is 1. The summed E-state index contributed by atoms with van der Waals surface area (Å²) in [5.74, 6) is -0.306. The lowest BCUT2D eigenvalue weighted by Gasteiger charge is -2.09. The molecule has 0 aliphatic rings. The molecule has 3 aromatic rings. The molecule has 29 heavy (non-hydrogen) atoms. The third-order valence-corrected chi connectivity index (χ3v) is 4.79. The second kappa shape index (κ2) is 9.24. The first-order chi connectivity index (χ1) is 14.0. The number of carbonyl (C=O) groups is 2. The summed E-state index contributed by atoms with van der Waals surface area (Å²) in [6.45, 7) is 4.48. The van der Waals surface area contributed by atoms with Gasteiger partial charge in [0, 0.05) is 16.6 Å². The van der Waals surface area contributed by atoms with Gasteiger partial charge in [0.1, 0.15) is 5.75 Å². The predicted octanol–water partition coefficient (Wildman–Crippen LogP) is 5.00. The molecule has 0 unspecified atom stereocenters. The largest absolute Gasteiger partial charge is 0.494 e. The normalized spacial score (nSPS) is 11.2. The number of nitrogens with zero attached hydrogens (tertiary/aromatic N) is 1. The summed E-state index contributed by atoms with van der Waals surface area (Å²) < 4.78 is 7.35. The number of unbranched alkanes of at least 4 members (excludes halogenated alkanes) is 1. The van der Waals surface area contributed by atoms with Crippen molar-refractivity contribution in [3.05, 3.63) is 77.5 Å². The van der Waals surface area contributed by atoms with Crippen LogP contribution >= 0.6 is 0 Å². The Morgan fingerprint density at radius 2 is 1.90 bits per heavy atom. The number of aromatic nitrogens is 1. The molecule has 2 aromatic carbocycles. The summed E-state index contributed by atoms with van der Waals surface area (Å²) in [6, 6.07) is 14.4. The number of aliphatic carboxylic acids is 1. The van der Waals surface area contributed by atoms with E-state index in [1.54, 1.807) is 41.0 Å². The highest BCUT2D eigenvalue weighted by molar-refractivity contribution is 6.04. The summed E-state index contributed by atoms with van der Waals surface area (Å²) in [4.78, 5) is 24.2. The Hall–Kier alpha value is -3.34. The maximum absolute atomic E-state index is 13.1. The number of carboxylic acid groups (broad SMARTS) is 1. The number of hydrogen-bond donors (Lipinski definition) is 1. The van der Waals surface area contributed by atoms with Crippen LogP contribution in [0, 0.1) is 6.92 Å². The fourth-order valence-corrected chi connectivity index (χ4v) is 3.39. The van der Waals surface area contributed by atoms with Crippen LogP contribution in [0.25, 0.3) is 10.9 Å². The highest BCUT2D eigenvalue weighted by atomic mass is 16.5. The number of ether oxygens (including phenoxy) is 1. The number of hydrogen-bond acceptors (Lipinski definition) is 3. The van der Waals surface area contributed by atoms with E-state index in [0.717, 1.165) is 35.2 Å². The molecule has 0 bridgehead atoms. The first-order valence-corrected chi connectivity index (χ1v) is 9.71. The van der Waals surface area contributed by atoms with Gasteiger partial charge in [0.15, 0.2) is 0 Å². The minimum Gasteiger partial charge on any atom is -0.494 e. The Balaban J connectivity index is 1.80. The molecule has 0 spiro atoms. The van der Waals surface area contributed by atoms with Crippen LogP contribution in [0.4, 0.5) is 0 Å². The standard InChI is InChI=1S/C24H25NO4/c1-3-4-5-6-14-29-20-12-10-18(11-13-20)24(28)25-17(2)15-21-19(16-23(26)27)8-7-9-22(21)25/h3-4,7-13,15H,5-6,14,16H2,1-2H3,(H,26,27)/b4-3+. The number of rotatable bonds is 8. The van der Waals surface area contributed by atoms with Crippen molar-refractivity contribution in [3.63, 3.8) is 0 Å². The van der Waals surface area contributed by atoms with E-state index >= 15 is 0 Å². The van der Waals surface area contributed by atoms with Crippen molar-refractivity contribution in [2.75, 3.05) is 6.61 Å². The van der Waals surface area contributed by atoms with E-state index in [4.69, 9.17) is 9.84 Å². The van der Waals surface area contributed by atoms with Crippen molar-refractivity contribution in [1.82, 2.24) is 4.57 Å². The van der Waals surface area contributed by atoms with Crippen LogP contribution in [0.2, 0.25) is 0 Å². The van der Waals surface area contributed by atoms with Gasteiger partial charge in [0.05, 0.1) is 18.5 Å². The van der Waals surface area contributed by atoms with Crippen LogP contribution in [-0.2, 0) is 11.2 Å². The van der Waals surface area contributed by atoms with Gasteiger partial charge < -0.3 is 9.84 Å². The zero-order chi connectivity index (χ0) is 20.8. The van der Waals surface area contributed by atoms with Crippen LogP contribution in [0.5, 0.6) is 5.75 Å². The molecule has 0 aliphatic heterocycles. The van der Waals surface area contributed by atoms with Crippen molar-refractivity contribution in [3.8, 4) is 5.75 Å². The smallest absolute Gasteiger partial charge is 0.307 e. The molecular formula is C24H25NO4. The Kier molecular flexibility index (Phi) is 6.50. The Morgan fingerprint density at radius 1 is 1.14 bits per heavy atom. The Labute approximate surface area is 170 Å². The maximum atomic E-state index is 13.1. The van der Waals surface area contributed by atoms with Crippen molar-refractivity contribution in [2.45, 2.75) is 33.1 Å². The third kappa shape index (κ3) is 4.74. The molecule has 0 amide bonds. The highest BCUT2D eigenvalue weighted by Gasteiger charge is 2.17. The summed E-state index contributed by atoms with van der Waals surface area (Å²) in [5.41, 5.74) is 2.74. The summed E-state index contributed by atoms with van der Waals surface area (Å²) in [6.07, 6.45) is 5.99. The van der Waals surface area contributed by atoms with Gasteiger partial charge in [-0.3, -0.25) is 14.2 Å². The molecule has 0 radical (unpaired) electrons. The van der Waals surface area contributed by atoms with Crippen LogP contribution in [0.3, 0.4) is 0 Å². The minimum absolute atomic E-state index is 0.0743. The SMILES string of the molecule is C/C=C/CCCOc1ccc(C(=O)n2c(C)cc3c(CC(=O)O)cccc32)cc1. The van der Waals surface area contributed by atoms with Gasteiger partial charge in [-0.15, -0.1) is 0 Å². The molecule has 1 aromatic heterocycles. The fraction of sp³-hybridized carbons (Fsp3) is 0.250. The van der Waals surface area contributed by atoms with E-state index in [0.29, 0.717) is 17.7 Å². The van der Waals surface area contributed by atoms with Crippen molar-refractivity contribution in [1.29, 1.82) is 0 Å². The molecule has 0 fully saturated rings. The van der Waals surface area contributed by atoms with Gasteiger partial charge in [-0.2, -0.15) is 0 Å². The predicted molar refractivity (Wildman–Crippen MR) is 114 cm³/mol. The lowest BCUT2D eigenvalue weighted by Crippen LogP contribution is -2.13. The second-order valence-electron chi connectivity index (χ2n) is 6.93. The van der Waals surface area contributed by atoms with Gasteiger partial charge in [0.25, 0.3) is 5.91 Å². The average molecular weight is 391 g/mol. The minimum atomic E-state index is -0.893. The van der Waals surface area contributed by atoms with Gasteiger partial charge in [-0.1, -0.05) is 24.3 Å². The molecule has 1 N–H and O–H groups in total. The number of fused-ring (bicyclic) bond motifs is 1. The lowest BCUT2D eigenvalue weighted by molar-refractivity contribution is -0.136. The van der Waals surface area contributed by atoms with Crippen LogP contribution in [-0.4, -0.2) is 28.2 Å². The number of carbonyl (C=O) groups excluding carboxylic acids is 1. The lowest BCUT2D eigenvalue weighted by atomic mass is 10.1. The molecule has 0 atom stereocenters. The second-order valence-corrected chi connectivity index (χ2v) is 6.93. The molecule has 0 aliphatic carbocycles. The van der Waals surface area contributed by atoms with E-state index in [2.05, 4.69) is 6.08 Å². The van der Waals surface area contributed by atoms with E-state index in [1.165, 1.54) is 0 Å². The summed E-state index contributed by atoms with van der Waals surface area (Å²) in [7, 11) is 0. The van der Waals surface area contributed by atoms with Gasteiger partial charge in [0.2, 0.25) is 0 Å². The number of carboxylic acids is 1. The van der Waals surface area contributed by atoms with Crippen molar-refractivity contribution in [2.24, 2.45) is 0 Å². The van der Waals surface area contributed by atoms with Crippen molar-refractivity contribution < 1.29 is 19.4 Å². The first kappa shape index (κ1) is 20.4. The van der Waals surface area contributed by atoms with Gasteiger partial charge in [-0.05, 0) is 68.7 Å². The summed E-state index contributed by atoms with van der Waals surface area (Å²) in [5, 5.41) is 9.92. The molecule has 5 nitrogen and oxygen atoms in total. The van der Waals surface area contributed by atoms with E-state index in [-0.39, 0.29) is 12.3 Å². The molecule has 0 saturated carbocycles. The topological polar surface area (TPSA) is 68.5 Å². The van der Waals surface area contributed by atoms with Crippen molar-refractivity contribution >= 4 is 22.8 Å². The molecular weight excluding hydrogens is 366 g/mol. The quantitative estimate of drug-likeness (QED) is 0.433. The number of benzene rings is 2. The fourth-order valence-electron chi connectivity index (χ4n) is 3.39. The molecule has 3 rings (SSSR count).